The van der Waals surface area contributed by atoms with Gasteiger partial charge in [0.2, 0.25) is 5.91 Å². The van der Waals surface area contributed by atoms with Crippen LogP contribution in [0.1, 0.15) is 52.5 Å². The largest absolute Gasteiger partial charge is 0.483 e. The van der Waals surface area contributed by atoms with Crippen molar-refractivity contribution < 1.29 is 19.1 Å². The van der Waals surface area contributed by atoms with Gasteiger partial charge < -0.3 is 19.4 Å². The highest BCUT2D eigenvalue weighted by atomic mass is 35.5. The summed E-state index contributed by atoms with van der Waals surface area (Å²) in [4.78, 5) is 26.2. The Hall–Kier alpha value is -2.56. The van der Waals surface area contributed by atoms with E-state index in [4.69, 9.17) is 21.1 Å². The van der Waals surface area contributed by atoms with E-state index in [1.165, 1.54) is 30.2 Å². The smallest absolute Gasteiger partial charge is 0.341 e. The molecule has 3 aromatic rings. The summed E-state index contributed by atoms with van der Waals surface area (Å²) in [5.74, 6) is 0.757. The number of aromatic nitrogens is 3. The molecule has 1 atom stereocenters. The number of esters is 1. The van der Waals surface area contributed by atoms with Gasteiger partial charge in [0.15, 0.2) is 17.1 Å². The molecular formula is C23H25ClN4O4S2. The third-order valence-electron chi connectivity index (χ3n) is 5.49. The summed E-state index contributed by atoms with van der Waals surface area (Å²) in [6, 6.07) is 7.15. The summed E-state index contributed by atoms with van der Waals surface area (Å²) < 4.78 is 12.7. The number of rotatable bonds is 8. The second kappa shape index (κ2) is 10.8. The standard InChI is InChI=1S/C23H25ClN4O4S2/c1-13(32-15-8-6-7-14(24)11-15)20-26-27-23(28(20)2)33-12-18(29)25-21-19(22(30)31-3)16-9-4-5-10-17(16)34-21/h6-8,11,13H,4-5,9-10,12H2,1-3H3,(H,25,29). The lowest BCUT2D eigenvalue weighted by Gasteiger charge is -2.14. The maximum Gasteiger partial charge on any atom is 0.341 e. The van der Waals surface area contributed by atoms with Crippen molar-refractivity contribution >= 4 is 51.6 Å². The van der Waals surface area contributed by atoms with Gasteiger partial charge in [0, 0.05) is 16.9 Å². The van der Waals surface area contributed by atoms with E-state index < -0.39 is 5.97 Å². The molecule has 1 N–H and O–H groups in total. The number of fused-ring (bicyclic) bond motifs is 1. The molecule has 0 aliphatic heterocycles. The Balaban J connectivity index is 1.40. The quantitative estimate of drug-likeness (QED) is 0.327. The van der Waals surface area contributed by atoms with Crippen LogP contribution in [0.5, 0.6) is 5.75 Å². The highest BCUT2D eigenvalue weighted by Gasteiger charge is 2.27. The van der Waals surface area contributed by atoms with E-state index in [-0.39, 0.29) is 17.8 Å². The molecule has 0 saturated heterocycles. The van der Waals surface area contributed by atoms with Crippen LogP contribution in [0.2, 0.25) is 5.02 Å². The molecule has 2 aromatic heterocycles. The fourth-order valence-corrected chi connectivity index (χ4v) is 6.06. The van der Waals surface area contributed by atoms with Crippen molar-refractivity contribution in [2.24, 2.45) is 7.05 Å². The Labute approximate surface area is 211 Å². The zero-order valence-electron chi connectivity index (χ0n) is 19.1. The van der Waals surface area contributed by atoms with Crippen LogP contribution in [-0.2, 0) is 29.4 Å². The summed E-state index contributed by atoms with van der Waals surface area (Å²) in [5, 5.41) is 13.1. The number of carbonyl (C=O) groups excluding carboxylic acids is 2. The van der Waals surface area contributed by atoms with Crippen LogP contribution in [0.3, 0.4) is 0 Å². The van der Waals surface area contributed by atoms with Crippen LogP contribution in [-0.4, -0.2) is 39.5 Å². The number of methoxy groups -OCH3 is 1. The molecule has 1 aromatic carbocycles. The van der Waals surface area contributed by atoms with Gasteiger partial charge in [0.1, 0.15) is 10.8 Å². The Morgan fingerprint density at radius 1 is 1.29 bits per heavy atom. The van der Waals surface area contributed by atoms with Gasteiger partial charge in [0.25, 0.3) is 0 Å². The third kappa shape index (κ3) is 5.39. The first-order valence-electron chi connectivity index (χ1n) is 10.8. The number of ether oxygens (including phenoxy) is 2. The molecule has 180 valence electrons. The number of thiophene rings is 1. The zero-order chi connectivity index (χ0) is 24.2. The van der Waals surface area contributed by atoms with Crippen molar-refractivity contribution in [3.8, 4) is 5.75 Å². The summed E-state index contributed by atoms with van der Waals surface area (Å²) >= 11 is 8.76. The van der Waals surface area contributed by atoms with E-state index in [2.05, 4.69) is 15.5 Å². The van der Waals surface area contributed by atoms with E-state index in [9.17, 15) is 9.59 Å². The predicted molar refractivity (Wildman–Crippen MR) is 133 cm³/mol. The number of benzene rings is 1. The first-order chi connectivity index (χ1) is 16.4. The number of anilines is 1. The van der Waals surface area contributed by atoms with Gasteiger partial charge in [-0.15, -0.1) is 21.5 Å². The fraction of sp³-hybridized carbons (Fsp3) is 0.391. The average Bonchev–Trinajstić information content (AvgIpc) is 3.37. The predicted octanol–water partition coefficient (Wildman–Crippen LogP) is 5.07. The summed E-state index contributed by atoms with van der Waals surface area (Å²) in [6.45, 7) is 1.87. The first-order valence-corrected chi connectivity index (χ1v) is 13.0. The van der Waals surface area contributed by atoms with E-state index in [1.54, 1.807) is 16.7 Å². The number of halogens is 1. The maximum atomic E-state index is 12.7. The lowest BCUT2D eigenvalue weighted by Crippen LogP contribution is -2.17. The SMILES string of the molecule is COC(=O)c1c(NC(=O)CSc2nnc(C(C)Oc3cccc(Cl)c3)n2C)sc2c1CCCC2. The number of thioether (sulfide) groups is 1. The van der Waals surface area contributed by atoms with Crippen molar-refractivity contribution in [3.63, 3.8) is 0 Å². The molecule has 1 aliphatic rings. The minimum Gasteiger partial charge on any atom is -0.483 e. The molecule has 0 spiro atoms. The summed E-state index contributed by atoms with van der Waals surface area (Å²) in [7, 11) is 3.19. The van der Waals surface area contributed by atoms with E-state index in [0.29, 0.717) is 32.3 Å². The van der Waals surface area contributed by atoms with Crippen LogP contribution in [0, 0.1) is 0 Å². The molecule has 0 radical (unpaired) electrons. The number of carbonyl (C=O) groups is 2. The van der Waals surface area contributed by atoms with Gasteiger partial charge in [0.05, 0.1) is 18.4 Å². The second-order valence-corrected chi connectivity index (χ2v) is 10.3. The Morgan fingerprint density at radius 2 is 2.09 bits per heavy atom. The van der Waals surface area contributed by atoms with Crippen LogP contribution < -0.4 is 10.1 Å². The Bertz CT molecular complexity index is 1210. The lowest BCUT2D eigenvalue weighted by molar-refractivity contribution is -0.113. The second-order valence-electron chi connectivity index (χ2n) is 7.86. The monoisotopic (exact) mass is 520 g/mol. The third-order valence-corrected chi connectivity index (χ3v) is 7.95. The van der Waals surface area contributed by atoms with Gasteiger partial charge in [-0.3, -0.25) is 4.79 Å². The highest BCUT2D eigenvalue weighted by molar-refractivity contribution is 7.99. The van der Waals surface area contributed by atoms with Crippen molar-refractivity contribution in [1.29, 1.82) is 0 Å². The Morgan fingerprint density at radius 3 is 2.85 bits per heavy atom. The molecule has 11 heteroatoms. The molecule has 1 unspecified atom stereocenters. The van der Waals surface area contributed by atoms with Crippen molar-refractivity contribution in [3.05, 3.63) is 51.1 Å². The minimum atomic E-state index is -0.408. The normalized spacial score (nSPS) is 13.8. The van der Waals surface area contributed by atoms with E-state index >= 15 is 0 Å². The van der Waals surface area contributed by atoms with Crippen LogP contribution in [0.25, 0.3) is 0 Å². The topological polar surface area (TPSA) is 95.3 Å². The molecule has 4 rings (SSSR count). The molecule has 0 saturated carbocycles. The van der Waals surface area contributed by atoms with Gasteiger partial charge >= 0.3 is 5.97 Å². The van der Waals surface area contributed by atoms with Crippen LogP contribution >= 0.6 is 34.7 Å². The number of aryl methyl sites for hydroxylation is 1. The van der Waals surface area contributed by atoms with Crippen molar-refractivity contribution in [2.45, 2.75) is 43.9 Å². The van der Waals surface area contributed by atoms with Crippen LogP contribution in [0.15, 0.2) is 29.4 Å². The Kier molecular flexibility index (Phi) is 7.80. The van der Waals surface area contributed by atoms with E-state index in [0.717, 1.165) is 36.1 Å². The average molecular weight is 521 g/mol. The first kappa shape index (κ1) is 24.6. The van der Waals surface area contributed by atoms with Gasteiger partial charge in [-0.1, -0.05) is 29.4 Å². The highest BCUT2D eigenvalue weighted by Crippen LogP contribution is 2.38. The maximum absolute atomic E-state index is 12.7. The fourth-order valence-electron chi connectivity index (χ4n) is 3.87. The van der Waals surface area contributed by atoms with Crippen molar-refractivity contribution in [1.82, 2.24) is 14.8 Å². The number of hydrogen-bond donors (Lipinski definition) is 1. The van der Waals surface area contributed by atoms with E-state index in [1.807, 2.05) is 26.1 Å². The van der Waals surface area contributed by atoms with Crippen LogP contribution in [0.4, 0.5) is 5.00 Å². The molecule has 2 heterocycles. The zero-order valence-corrected chi connectivity index (χ0v) is 21.5. The van der Waals surface area contributed by atoms with Gasteiger partial charge in [-0.2, -0.15) is 0 Å². The number of hydrogen-bond acceptors (Lipinski definition) is 8. The summed E-state index contributed by atoms with van der Waals surface area (Å²) in [5.41, 5.74) is 1.51. The number of nitrogens with zero attached hydrogens (tertiary/aromatic N) is 3. The van der Waals surface area contributed by atoms with Crippen molar-refractivity contribution in [2.75, 3.05) is 18.2 Å². The number of amides is 1. The lowest BCUT2D eigenvalue weighted by atomic mass is 9.95. The minimum absolute atomic E-state index is 0.124. The van der Waals surface area contributed by atoms with Gasteiger partial charge in [-0.25, -0.2) is 4.79 Å². The summed E-state index contributed by atoms with van der Waals surface area (Å²) in [6.07, 6.45) is 3.51. The molecule has 1 amide bonds. The molecule has 1 aliphatic carbocycles. The molecule has 0 fully saturated rings. The molecule has 8 nitrogen and oxygen atoms in total. The molecular weight excluding hydrogens is 496 g/mol. The van der Waals surface area contributed by atoms with Gasteiger partial charge in [-0.05, 0) is 56.4 Å². The molecule has 0 bridgehead atoms. The number of nitrogens with one attached hydrogen (secondary N) is 1. The molecule has 34 heavy (non-hydrogen) atoms.